The predicted octanol–water partition coefficient (Wildman–Crippen LogP) is 0.879. The SMILES string of the molecule is CC1(C)CC(C#N)=C(N)O1. The van der Waals surface area contributed by atoms with Gasteiger partial charge in [0, 0.05) is 6.42 Å². The van der Waals surface area contributed by atoms with Crippen molar-refractivity contribution in [3.05, 3.63) is 11.5 Å². The number of nitriles is 1. The van der Waals surface area contributed by atoms with Crippen molar-refractivity contribution in [3.8, 4) is 6.07 Å². The molecule has 0 aliphatic carbocycles. The van der Waals surface area contributed by atoms with Gasteiger partial charge in [-0.15, -0.1) is 0 Å². The standard InChI is InChI=1S/C7H10N2O/c1-7(2)3-5(4-8)6(9)10-7/h3,9H2,1-2H3. The minimum absolute atomic E-state index is 0.283. The molecule has 10 heavy (non-hydrogen) atoms. The van der Waals surface area contributed by atoms with Crippen LogP contribution in [-0.4, -0.2) is 5.60 Å². The molecule has 0 amide bonds. The van der Waals surface area contributed by atoms with Gasteiger partial charge in [0.25, 0.3) is 0 Å². The molecule has 3 heteroatoms. The van der Waals surface area contributed by atoms with Crippen molar-refractivity contribution >= 4 is 0 Å². The second kappa shape index (κ2) is 1.91. The van der Waals surface area contributed by atoms with Crippen molar-refractivity contribution in [2.24, 2.45) is 5.73 Å². The van der Waals surface area contributed by atoms with Crippen LogP contribution in [0.15, 0.2) is 11.5 Å². The highest BCUT2D eigenvalue weighted by Crippen LogP contribution is 2.29. The largest absolute Gasteiger partial charge is 0.472 e. The quantitative estimate of drug-likeness (QED) is 0.540. The van der Waals surface area contributed by atoms with Crippen LogP contribution in [0.1, 0.15) is 20.3 Å². The maximum absolute atomic E-state index is 8.50. The molecule has 0 fully saturated rings. The van der Waals surface area contributed by atoms with Crippen molar-refractivity contribution < 1.29 is 4.74 Å². The molecule has 1 aliphatic rings. The minimum atomic E-state index is -0.283. The zero-order valence-corrected chi connectivity index (χ0v) is 6.14. The molecule has 0 bridgehead atoms. The van der Waals surface area contributed by atoms with Crippen molar-refractivity contribution in [3.63, 3.8) is 0 Å². The van der Waals surface area contributed by atoms with Crippen molar-refractivity contribution in [2.75, 3.05) is 0 Å². The molecule has 0 radical (unpaired) electrons. The molecule has 1 heterocycles. The van der Waals surface area contributed by atoms with Crippen LogP contribution < -0.4 is 5.73 Å². The first-order chi connectivity index (χ1) is 4.55. The topological polar surface area (TPSA) is 59.0 Å². The van der Waals surface area contributed by atoms with Gasteiger partial charge in [0.15, 0.2) is 5.88 Å². The summed E-state index contributed by atoms with van der Waals surface area (Å²) in [4.78, 5) is 0. The van der Waals surface area contributed by atoms with Gasteiger partial charge >= 0.3 is 0 Å². The van der Waals surface area contributed by atoms with Crippen LogP contribution in [-0.2, 0) is 4.74 Å². The molecular formula is C7H10N2O. The molecule has 1 aliphatic heterocycles. The van der Waals surface area contributed by atoms with Crippen LogP contribution >= 0.6 is 0 Å². The van der Waals surface area contributed by atoms with Crippen LogP contribution in [0.25, 0.3) is 0 Å². The summed E-state index contributed by atoms with van der Waals surface area (Å²) in [5, 5.41) is 8.50. The van der Waals surface area contributed by atoms with Gasteiger partial charge in [-0.2, -0.15) is 5.26 Å². The first kappa shape index (κ1) is 6.94. The van der Waals surface area contributed by atoms with Crippen LogP contribution in [0.2, 0.25) is 0 Å². The van der Waals surface area contributed by atoms with E-state index in [2.05, 4.69) is 0 Å². The van der Waals surface area contributed by atoms with E-state index in [0.29, 0.717) is 12.0 Å². The summed E-state index contributed by atoms with van der Waals surface area (Å²) < 4.78 is 5.19. The van der Waals surface area contributed by atoms with E-state index in [1.54, 1.807) is 0 Å². The smallest absolute Gasteiger partial charge is 0.198 e. The fraction of sp³-hybridized carbons (Fsp3) is 0.571. The van der Waals surface area contributed by atoms with Gasteiger partial charge in [-0.25, -0.2) is 0 Å². The van der Waals surface area contributed by atoms with Crippen molar-refractivity contribution in [2.45, 2.75) is 25.9 Å². The summed E-state index contributed by atoms with van der Waals surface area (Å²) in [7, 11) is 0. The van der Waals surface area contributed by atoms with Gasteiger partial charge in [-0.3, -0.25) is 0 Å². The third-order valence-electron chi connectivity index (χ3n) is 1.42. The third kappa shape index (κ3) is 1.06. The number of ether oxygens (including phenoxy) is 1. The Balaban J connectivity index is 2.81. The normalized spacial score (nSPS) is 22.1. The van der Waals surface area contributed by atoms with Crippen LogP contribution in [0.5, 0.6) is 0 Å². The van der Waals surface area contributed by atoms with Crippen LogP contribution in [0.4, 0.5) is 0 Å². The molecule has 0 aromatic carbocycles. The summed E-state index contributed by atoms with van der Waals surface area (Å²) in [6, 6.07) is 2.00. The van der Waals surface area contributed by atoms with Gasteiger partial charge in [0.1, 0.15) is 11.7 Å². The van der Waals surface area contributed by atoms with E-state index in [9.17, 15) is 0 Å². The highest BCUT2D eigenvalue weighted by atomic mass is 16.5. The van der Waals surface area contributed by atoms with Gasteiger partial charge in [0.2, 0.25) is 0 Å². The predicted molar refractivity (Wildman–Crippen MR) is 36.6 cm³/mol. The van der Waals surface area contributed by atoms with E-state index < -0.39 is 0 Å². The fourth-order valence-electron chi connectivity index (χ4n) is 1.00. The van der Waals surface area contributed by atoms with Gasteiger partial charge in [-0.05, 0) is 13.8 Å². The maximum Gasteiger partial charge on any atom is 0.198 e. The molecule has 54 valence electrons. The summed E-state index contributed by atoms with van der Waals surface area (Å²) >= 11 is 0. The lowest BCUT2D eigenvalue weighted by atomic mass is 10.0. The number of rotatable bonds is 0. The Morgan fingerprint density at radius 3 is 2.50 bits per heavy atom. The Hall–Kier alpha value is -1.17. The summed E-state index contributed by atoms with van der Waals surface area (Å²) in [5.41, 5.74) is 5.68. The van der Waals surface area contributed by atoms with Crippen molar-refractivity contribution in [1.29, 1.82) is 5.26 Å². The highest BCUT2D eigenvalue weighted by Gasteiger charge is 2.30. The van der Waals surface area contributed by atoms with E-state index >= 15 is 0 Å². The lowest BCUT2D eigenvalue weighted by molar-refractivity contribution is 0.0600. The zero-order valence-electron chi connectivity index (χ0n) is 6.14. The zero-order chi connectivity index (χ0) is 7.78. The number of hydrogen-bond acceptors (Lipinski definition) is 3. The van der Waals surface area contributed by atoms with Crippen LogP contribution in [0.3, 0.4) is 0 Å². The van der Waals surface area contributed by atoms with Gasteiger partial charge in [0.05, 0.1) is 5.57 Å². The van der Waals surface area contributed by atoms with Crippen molar-refractivity contribution in [1.82, 2.24) is 0 Å². The first-order valence-corrected chi connectivity index (χ1v) is 3.13. The Bertz CT molecular complexity index is 222. The molecule has 0 spiro atoms. The highest BCUT2D eigenvalue weighted by molar-refractivity contribution is 5.28. The first-order valence-electron chi connectivity index (χ1n) is 3.13. The molecular weight excluding hydrogens is 128 g/mol. The summed E-state index contributed by atoms with van der Waals surface area (Å²) in [6.07, 6.45) is 0.620. The molecule has 0 unspecified atom stereocenters. The Kier molecular flexibility index (Phi) is 1.33. The second-order valence-corrected chi connectivity index (χ2v) is 2.99. The monoisotopic (exact) mass is 138 g/mol. The van der Waals surface area contributed by atoms with E-state index in [1.165, 1.54) is 0 Å². The fourth-order valence-corrected chi connectivity index (χ4v) is 1.00. The molecule has 0 saturated carbocycles. The number of nitrogens with two attached hydrogens (primary N) is 1. The molecule has 1 rings (SSSR count). The van der Waals surface area contributed by atoms with E-state index in [1.807, 2.05) is 19.9 Å². The maximum atomic E-state index is 8.50. The number of hydrogen-bond donors (Lipinski definition) is 1. The van der Waals surface area contributed by atoms with E-state index in [4.69, 9.17) is 15.7 Å². The minimum Gasteiger partial charge on any atom is -0.472 e. The average Bonchev–Trinajstić information content (AvgIpc) is 2.05. The van der Waals surface area contributed by atoms with Gasteiger partial charge < -0.3 is 10.5 Å². The van der Waals surface area contributed by atoms with E-state index in [0.717, 1.165) is 0 Å². The molecule has 0 saturated heterocycles. The molecule has 0 aromatic heterocycles. The Morgan fingerprint density at radius 2 is 2.30 bits per heavy atom. The van der Waals surface area contributed by atoms with Gasteiger partial charge in [-0.1, -0.05) is 0 Å². The average molecular weight is 138 g/mol. The Morgan fingerprint density at radius 1 is 1.70 bits per heavy atom. The molecule has 0 atom stereocenters. The summed E-state index contributed by atoms with van der Waals surface area (Å²) in [6.45, 7) is 3.81. The Labute approximate surface area is 60.1 Å². The second-order valence-electron chi connectivity index (χ2n) is 2.99. The molecule has 3 nitrogen and oxygen atoms in total. The van der Waals surface area contributed by atoms with Crippen LogP contribution in [0, 0.1) is 11.3 Å². The number of nitrogens with zero attached hydrogens (tertiary/aromatic N) is 1. The molecule has 2 N–H and O–H groups in total. The third-order valence-corrected chi connectivity index (χ3v) is 1.42. The van der Waals surface area contributed by atoms with E-state index in [-0.39, 0.29) is 11.5 Å². The lowest BCUT2D eigenvalue weighted by Crippen LogP contribution is -2.19. The molecule has 0 aromatic rings. The lowest BCUT2D eigenvalue weighted by Gasteiger charge is -2.17. The summed E-state index contributed by atoms with van der Waals surface area (Å²) in [5.74, 6) is 0.285.